The Morgan fingerprint density at radius 1 is 1.33 bits per heavy atom. The van der Waals surface area contributed by atoms with E-state index in [1.165, 1.54) is 0 Å². The Kier molecular flexibility index (Phi) is 4.49. The number of benzene rings is 1. The smallest absolute Gasteiger partial charge is 0.236 e. The van der Waals surface area contributed by atoms with Gasteiger partial charge in [0.15, 0.2) is 0 Å². The van der Waals surface area contributed by atoms with Crippen molar-refractivity contribution in [2.24, 2.45) is 5.73 Å². The van der Waals surface area contributed by atoms with Crippen molar-refractivity contribution in [1.29, 1.82) is 0 Å². The first-order valence-electron chi connectivity index (χ1n) is 6.55. The Hall–Kier alpha value is -2.47. The molecule has 0 atom stereocenters. The molecule has 21 heavy (non-hydrogen) atoms. The molecule has 0 aliphatic heterocycles. The second kappa shape index (κ2) is 6.32. The Morgan fingerprint density at radius 2 is 2.10 bits per heavy atom. The summed E-state index contributed by atoms with van der Waals surface area (Å²) in [5.74, 6) is -0.882. The zero-order valence-corrected chi connectivity index (χ0v) is 11.7. The van der Waals surface area contributed by atoms with Gasteiger partial charge in [-0.05, 0) is 24.1 Å². The third kappa shape index (κ3) is 3.55. The van der Waals surface area contributed by atoms with E-state index in [2.05, 4.69) is 10.3 Å². The molecule has 6 nitrogen and oxygen atoms in total. The van der Waals surface area contributed by atoms with Crippen molar-refractivity contribution in [3.63, 3.8) is 0 Å². The Labute approximate surface area is 122 Å². The molecular weight excluding hydrogens is 270 g/mol. The Bertz CT molecular complexity index is 698. The van der Waals surface area contributed by atoms with Crippen LogP contribution in [0.15, 0.2) is 24.3 Å². The number of aromatic nitrogens is 1. The monoisotopic (exact) mass is 287 g/mol. The summed E-state index contributed by atoms with van der Waals surface area (Å²) >= 11 is 0. The molecule has 2 aromatic rings. The molecule has 6 heteroatoms. The fraction of sp³-hybridized carbons (Fsp3) is 0.267. The maximum atomic E-state index is 11.8. The van der Waals surface area contributed by atoms with Crippen LogP contribution in [-0.2, 0) is 22.6 Å². The zero-order chi connectivity index (χ0) is 15.4. The van der Waals surface area contributed by atoms with Gasteiger partial charge in [0.1, 0.15) is 0 Å². The number of aliphatic hydroxyl groups is 1. The van der Waals surface area contributed by atoms with E-state index in [0.717, 1.165) is 22.2 Å². The Morgan fingerprint density at radius 3 is 2.76 bits per heavy atom. The highest BCUT2D eigenvalue weighted by Crippen LogP contribution is 2.22. The van der Waals surface area contributed by atoms with Gasteiger partial charge < -0.3 is 16.2 Å². The molecule has 110 valence electrons. The van der Waals surface area contributed by atoms with Gasteiger partial charge in [0.05, 0.1) is 25.1 Å². The number of aryl methyl sites for hydroxylation is 1. The van der Waals surface area contributed by atoms with Crippen LogP contribution in [0.3, 0.4) is 0 Å². The largest absolute Gasteiger partial charge is 0.392 e. The first-order chi connectivity index (χ1) is 10.0. The molecule has 0 aliphatic rings. The summed E-state index contributed by atoms with van der Waals surface area (Å²) in [4.78, 5) is 26.9. The molecule has 0 unspecified atom stereocenters. The maximum Gasteiger partial charge on any atom is 0.236 e. The lowest BCUT2D eigenvalue weighted by molar-refractivity contribution is -0.124. The van der Waals surface area contributed by atoms with Crippen molar-refractivity contribution in [1.82, 2.24) is 10.3 Å². The number of rotatable bonds is 5. The highest BCUT2D eigenvalue weighted by Gasteiger charge is 2.11. The number of nitrogens with one attached hydrogen (secondary N) is 1. The molecule has 0 radical (unpaired) electrons. The lowest BCUT2D eigenvalue weighted by Gasteiger charge is -2.10. The van der Waals surface area contributed by atoms with Crippen LogP contribution in [-0.4, -0.2) is 28.4 Å². The molecule has 0 aliphatic carbocycles. The second-order valence-electron chi connectivity index (χ2n) is 4.81. The van der Waals surface area contributed by atoms with E-state index in [0.29, 0.717) is 5.52 Å². The van der Waals surface area contributed by atoms with Crippen molar-refractivity contribution >= 4 is 22.7 Å². The van der Waals surface area contributed by atoms with Gasteiger partial charge in [0.25, 0.3) is 0 Å². The van der Waals surface area contributed by atoms with Gasteiger partial charge in [-0.2, -0.15) is 0 Å². The highest BCUT2D eigenvalue weighted by atomic mass is 16.3. The molecule has 0 bridgehead atoms. The molecular formula is C15H17N3O3. The van der Waals surface area contributed by atoms with Gasteiger partial charge in [-0.15, -0.1) is 0 Å². The minimum atomic E-state index is -0.585. The number of fused-ring (bicyclic) bond motifs is 1. The molecule has 0 saturated carbocycles. The van der Waals surface area contributed by atoms with E-state index < -0.39 is 5.91 Å². The predicted molar refractivity (Wildman–Crippen MR) is 78.3 cm³/mol. The number of carbonyl (C=O) groups excluding carboxylic acids is 2. The number of hydrogen-bond donors (Lipinski definition) is 3. The molecule has 4 N–H and O–H groups in total. The highest BCUT2D eigenvalue weighted by molar-refractivity contribution is 5.90. The van der Waals surface area contributed by atoms with Crippen molar-refractivity contribution in [2.45, 2.75) is 20.0 Å². The number of primary amides is 1. The van der Waals surface area contributed by atoms with Crippen LogP contribution in [0.5, 0.6) is 0 Å². The second-order valence-corrected chi connectivity index (χ2v) is 4.81. The summed E-state index contributed by atoms with van der Waals surface area (Å²) in [6.45, 7) is 1.57. The number of nitrogens with two attached hydrogens (primary N) is 1. The molecule has 1 heterocycles. The average Bonchev–Trinajstić information content (AvgIpc) is 2.45. The summed E-state index contributed by atoms with van der Waals surface area (Å²) in [6, 6.07) is 7.30. The van der Waals surface area contributed by atoms with Crippen molar-refractivity contribution in [2.75, 3.05) is 6.54 Å². The van der Waals surface area contributed by atoms with Crippen LogP contribution in [0.2, 0.25) is 0 Å². The van der Waals surface area contributed by atoms with Gasteiger partial charge in [0.2, 0.25) is 11.8 Å². The molecule has 2 amide bonds. The van der Waals surface area contributed by atoms with Gasteiger partial charge in [-0.1, -0.05) is 18.2 Å². The lowest BCUT2D eigenvalue weighted by atomic mass is 10.0. The fourth-order valence-corrected chi connectivity index (χ4v) is 2.22. The minimum Gasteiger partial charge on any atom is -0.392 e. The van der Waals surface area contributed by atoms with Gasteiger partial charge in [-0.3, -0.25) is 14.6 Å². The van der Waals surface area contributed by atoms with E-state index in [9.17, 15) is 14.7 Å². The number of amides is 2. The van der Waals surface area contributed by atoms with E-state index in [4.69, 9.17) is 5.73 Å². The standard InChI is InChI=1S/C15H17N3O3/c1-9-5-11(8-19)12-4-2-3-10(15(12)18-9)6-14(21)17-7-13(16)20/h2-5,19H,6-8H2,1H3,(H2,16,20)(H,17,21). The topological polar surface area (TPSA) is 105 Å². The molecule has 0 saturated heterocycles. The normalized spacial score (nSPS) is 10.6. The van der Waals surface area contributed by atoms with E-state index in [1.54, 1.807) is 6.07 Å². The molecule has 1 aromatic heterocycles. The Balaban J connectivity index is 2.34. The summed E-state index contributed by atoms with van der Waals surface area (Å²) < 4.78 is 0. The van der Waals surface area contributed by atoms with Crippen LogP contribution < -0.4 is 11.1 Å². The summed E-state index contributed by atoms with van der Waals surface area (Å²) in [5, 5.41) is 12.7. The number of nitrogens with zero attached hydrogens (tertiary/aromatic N) is 1. The van der Waals surface area contributed by atoms with Crippen LogP contribution in [0.1, 0.15) is 16.8 Å². The summed E-state index contributed by atoms with van der Waals surface area (Å²) in [6.07, 6.45) is 0.103. The van der Waals surface area contributed by atoms with E-state index >= 15 is 0 Å². The number of hydrogen-bond acceptors (Lipinski definition) is 4. The zero-order valence-electron chi connectivity index (χ0n) is 11.7. The first kappa shape index (κ1) is 14.9. The first-order valence-corrected chi connectivity index (χ1v) is 6.55. The van der Waals surface area contributed by atoms with Crippen molar-refractivity contribution < 1.29 is 14.7 Å². The summed E-state index contributed by atoms with van der Waals surface area (Å²) in [5.41, 5.74) is 7.97. The molecule has 1 aromatic carbocycles. The number of carbonyl (C=O) groups is 2. The maximum absolute atomic E-state index is 11.8. The van der Waals surface area contributed by atoms with Crippen LogP contribution in [0.25, 0.3) is 10.9 Å². The van der Waals surface area contributed by atoms with Crippen LogP contribution >= 0.6 is 0 Å². The van der Waals surface area contributed by atoms with Gasteiger partial charge >= 0.3 is 0 Å². The number of pyridine rings is 1. The van der Waals surface area contributed by atoms with Gasteiger partial charge in [-0.25, -0.2) is 0 Å². The SMILES string of the molecule is Cc1cc(CO)c2cccc(CC(=O)NCC(N)=O)c2n1. The fourth-order valence-electron chi connectivity index (χ4n) is 2.22. The van der Waals surface area contributed by atoms with Gasteiger partial charge in [0, 0.05) is 11.1 Å². The van der Waals surface area contributed by atoms with Crippen LogP contribution in [0, 0.1) is 6.92 Å². The van der Waals surface area contributed by atoms with Crippen LogP contribution in [0.4, 0.5) is 0 Å². The predicted octanol–water partition coefficient (Wildman–Crippen LogP) is 0.180. The summed E-state index contributed by atoms with van der Waals surface area (Å²) in [7, 11) is 0. The molecule has 0 fully saturated rings. The van der Waals surface area contributed by atoms with Crippen molar-refractivity contribution in [3.05, 3.63) is 41.1 Å². The third-order valence-corrected chi connectivity index (χ3v) is 3.12. The van der Waals surface area contributed by atoms with E-state index in [1.807, 2.05) is 25.1 Å². The van der Waals surface area contributed by atoms with Crippen molar-refractivity contribution in [3.8, 4) is 0 Å². The van der Waals surface area contributed by atoms with E-state index in [-0.39, 0.29) is 25.5 Å². The average molecular weight is 287 g/mol. The molecule has 2 rings (SSSR count). The number of para-hydroxylation sites is 1. The quantitative estimate of drug-likeness (QED) is 0.729. The third-order valence-electron chi connectivity index (χ3n) is 3.12. The lowest BCUT2D eigenvalue weighted by Crippen LogP contribution is -2.34. The molecule has 0 spiro atoms. The number of aliphatic hydroxyl groups excluding tert-OH is 1. The minimum absolute atomic E-state index is 0.0861.